The third-order valence-electron chi connectivity index (χ3n) is 1.75. The lowest BCUT2D eigenvalue weighted by Crippen LogP contribution is -1.78. The number of aromatic amines is 1. The Morgan fingerprint density at radius 1 is 1.18 bits per heavy atom. The Labute approximate surface area is 117 Å². The number of benzene rings is 1. The van der Waals surface area contributed by atoms with E-state index in [1.807, 2.05) is 0 Å². The van der Waals surface area contributed by atoms with E-state index in [0.29, 0.717) is 25.6 Å². The quantitative estimate of drug-likeness (QED) is 0.728. The number of fused-ring (bicyclic) bond motifs is 1. The molecule has 0 unspecified atom stereocenters. The van der Waals surface area contributed by atoms with Crippen LogP contribution in [0.2, 0.25) is 20.2 Å². The Morgan fingerprint density at radius 3 is 2.24 bits per heavy atom. The summed E-state index contributed by atoms with van der Waals surface area (Å²) in [6.45, 7) is 1.08. The fourth-order valence-corrected chi connectivity index (χ4v) is 2.06. The molecule has 1 heterocycles. The highest BCUT2D eigenvalue weighted by Crippen LogP contribution is 2.38. The molecule has 0 atom stereocenters. The first-order valence-electron chi connectivity index (χ1n) is 4.34. The Bertz CT molecular complexity index is 561. The average molecular weight is 315 g/mol. The van der Waals surface area contributed by atoms with E-state index in [1.165, 1.54) is 0 Å². The van der Waals surface area contributed by atoms with Crippen molar-refractivity contribution in [2.75, 3.05) is 0 Å². The summed E-state index contributed by atoms with van der Waals surface area (Å²) in [5.74, 6) is -0.833. The number of hydrogen-bond acceptors (Lipinski definition) is 1. The predicted octanol–water partition coefficient (Wildman–Crippen LogP) is 4.87. The Balaban J connectivity index is 0.000000317. The van der Waals surface area contributed by atoms with Gasteiger partial charge in [-0.15, -0.1) is 0 Å². The van der Waals surface area contributed by atoms with Crippen LogP contribution in [0.25, 0.3) is 10.9 Å². The zero-order chi connectivity index (χ0) is 13.2. The van der Waals surface area contributed by atoms with Crippen LogP contribution >= 0.6 is 46.4 Å². The Morgan fingerprint density at radius 2 is 1.71 bits per heavy atom. The van der Waals surface area contributed by atoms with Crippen LogP contribution in [-0.2, 0) is 4.79 Å². The highest BCUT2D eigenvalue weighted by molar-refractivity contribution is 6.51. The smallest absolute Gasteiger partial charge is 0.300 e. The minimum absolute atomic E-state index is 0.376. The Hall–Kier alpha value is -0.610. The van der Waals surface area contributed by atoms with Crippen molar-refractivity contribution in [1.82, 2.24) is 4.98 Å². The largest absolute Gasteiger partial charge is 0.481 e. The minimum atomic E-state index is -0.833. The molecule has 1 aromatic carbocycles. The maximum absolute atomic E-state index is 9.00. The van der Waals surface area contributed by atoms with Crippen LogP contribution in [0.15, 0.2) is 12.1 Å². The topological polar surface area (TPSA) is 53.1 Å². The maximum atomic E-state index is 9.00. The van der Waals surface area contributed by atoms with E-state index < -0.39 is 5.97 Å². The standard InChI is InChI=1S/C8H3Cl4N.C2H4O2/c9-3-1-2-4-5(6(3)10)7(11)8(12)13-4;1-2(3)4/h1-2,13H;1H3,(H,3,4). The molecular weight excluding hydrogens is 308 g/mol. The number of aliphatic carboxylic acids is 1. The van der Waals surface area contributed by atoms with Gasteiger partial charge in [0.05, 0.1) is 15.1 Å². The van der Waals surface area contributed by atoms with Gasteiger partial charge in [-0.05, 0) is 12.1 Å². The van der Waals surface area contributed by atoms with Crippen LogP contribution in [0.5, 0.6) is 0 Å². The van der Waals surface area contributed by atoms with Crippen molar-refractivity contribution in [3.05, 3.63) is 32.4 Å². The van der Waals surface area contributed by atoms with E-state index in [9.17, 15) is 0 Å². The summed E-state index contributed by atoms with van der Waals surface area (Å²) in [5.41, 5.74) is 0.782. The molecule has 0 saturated heterocycles. The van der Waals surface area contributed by atoms with Crippen LogP contribution < -0.4 is 0 Å². The minimum Gasteiger partial charge on any atom is -0.481 e. The van der Waals surface area contributed by atoms with Gasteiger partial charge in [0.1, 0.15) is 5.15 Å². The number of hydrogen-bond donors (Lipinski definition) is 2. The molecule has 3 nitrogen and oxygen atoms in total. The molecule has 0 aliphatic carbocycles. The predicted molar refractivity (Wildman–Crippen MR) is 71.6 cm³/mol. The summed E-state index contributed by atoms with van der Waals surface area (Å²) < 4.78 is 0. The van der Waals surface area contributed by atoms with Crippen LogP contribution in [0.4, 0.5) is 0 Å². The van der Waals surface area contributed by atoms with Gasteiger partial charge in [0, 0.05) is 17.8 Å². The molecule has 2 aromatic rings. The molecular formula is C10H7Cl4NO2. The van der Waals surface area contributed by atoms with Crippen LogP contribution in [-0.4, -0.2) is 16.1 Å². The van der Waals surface area contributed by atoms with Gasteiger partial charge in [0.2, 0.25) is 0 Å². The molecule has 17 heavy (non-hydrogen) atoms. The molecule has 92 valence electrons. The molecule has 2 rings (SSSR count). The second-order valence-corrected chi connectivity index (χ2v) is 4.60. The second-order valence-electron chi connectivity index (χ2n) is 3.06. The van der Waals surface area contributed by atoms with E-state index >= 15 is 0 Å². The van der Waals surface area contributed by atoms with Crippen molar-refractivity contribution in [3.63, 3.8) is 0 Å². The number of carbonyl (C=O) groups is 1. The lowest BCUT2D eigenvalue weighted by Gasteiger charge is -1.96. The molecule has 1 aromatic heterocycles. The lowest BCUT2D eigenvalue weighted by molar-refractivity contribution is -0.134. The van der Waals surface area contributed by atoms with Gasteiger partial charge in [-0.2, -0.15) is 0 Å². The number of carboxylic acids is 1. The highest BCUT2D eigenvalue weighted by atomic mass is 35.5. The SMILES string of the molecule is CC(=O)O.Clc1ccc2[nH]c(Cl)c(Cl)c2c1Cl. The number of H-pyrrole nitrogens is 1. The molecule has 2 N–H and O–H groups in total. The Kier molecular flexibility index (Phi) is 4.95. The maximum Gasteiger partial charge on any atom is 0.300 e. The average Bonchev–Trinajstić information content (AvgIpc) is 2.49. The fraction of sp³-hybridized carbons (Fsp3) is 0.100. The molecule has 0 aliphatic rings. The third kappa shape index (κ3) is 3.42. The number of carboxylic acid groups (broad SMARTS) is 1. The van der Waals surface area contributed by atoms with Gasteiger partial charge in [0.15, 0.2) is 0 Å². The van der Waals surface area contributed by atoms with Crippen molar-refractivity contribution >= 4 is 63.3 Å². The van der Waals surface area contributed by atoms with Crippen molar-refractivity contribution in [1.29, 1.82) is 0 Å². The van der Waals surface area contributed by atoms with E-state index in [-0.39, 0.29) is 0 Å². The first kappa shape index (κ1) is 14.5. The molecule has 0 saturated carbocycles. The summed E-state index contributed by atoms with van der Waals surface area (Å²) in [7, 11) is 0. The van der Waals surface area contributed by atoms with Crippen molar-refractivity contribution < 1.29 is 9.90 Å². The van der Waals surface area contributed by atoms with Gasteiger partial charge in [-0.1, -0.05) is 46.4 Å². The summed E-state index contributed by atoms with van der Waals surface area (Å²) in [6, 6.07) is 3.47. The van der Waals surface area contributed by atoms with E-state index in [2.05, 4.69) is 4.98 Å². The fourth-order valence-electron chi connectivity index (χ4n) is 1.15. The zero-order valence-corrected chi connectivity index (χ0v) is 11.5. The zero-order valence-electron chi connectivity index (χ0n) is 8.52. The number of rotatable bonds is 0. The summed E-state index contributed by atoms with van der Waals surface area (Å²) in [5, 5.41) is 9.75. The molecule has 0 fully saturated rings. The van der Waals surface area contributed by atoms with Gasteiger partial charge >= 0.3 is 0 Å². The van der Waals surface area contributed by atoms with Crippen molar-refractivity contribution in [3.8, 4) is 0 Å². The normalized spacial score (nSPS) is 9.94. The van der Waals surface area contributed by atoms with Crippen LogP contribution in [0.1, 0.15) is 6.92 Å². The molecule has 0 spiro atoms. The number of nitrogens with one attached hydrogen (secondary N) is 1. The molecule has 0 radical (unpaired) electrons. The third-order valence-corrected chi connectivity index (χ3v) is 3.31. The summed E-state index contributed by atoms with van der Waals surface area (Å²) in [4.78, 5) is 11.9. The second kappa shape index (κ2) is 5.83. The first-order valence-corrected chi connectivity index (χ1v) is 5.86. The number of aromatic nitrogens is 1. The summed E-state index contributed by atoms with van der Waals surface area (Å²) >= 11 is 23.5. The van der Waals surface area contributed by atoms with E-state index in [0.717, 1.165) is 12.4 Å². The molecule has 0 bridgehead atoms. The lowest BCUT2D eigenvalue weighted by atomic mass is 10.2. The van der Waals surface area contributed by atoms with Gasteiger partial charge in [0.25, 0.3) is 5.97 Å². The van der Waals surface area contributed by atoms with Gasteiger partial charge < -0.3 is 10.1 Å². The van der Waals surface area contributed by atoms with Crippen molar-refractivity contribution in [2.24, 2.45) is 0 Å². The van der Waals surface area contributed by atoms with E-state index in [4.69, 9.17) is 56.3 Å². The molecule has 0 amide bonds. The summed E-state index contributed by atoms with van der Waals surface area (Å²) in [6.07, 6.45) is 0. The molecule has 7 heteroatoms. The van der Waals surface area contributed by atoms with Crippen molar-refractivity contribution in [2.45, 2.75) is 6.92 Å². The van der Waals surface area contributed by atoms with E-state index in [1.54, 1.807) is 12.1 Å². The van der Waals surface area contributed by atoms with Crippen LogP contribution in [0, 0.1) is 0 Å². The first-order chi connectivity index (χ1) is 7.84. The van der Waals surface area contributed by atoms with Gasteiger partial charge in [-0.3, -0.25) is 4.79 Å². The molecule has 0 aliphatic heterocycles. The van der Waals surface area contributed by atoms with Crippen LogP contribution in [0.3, 0.4) is 0 Å². The van der Waals surface area contributed by atoms with Gasteiger partial charge in [-0.25, -0.2) is 0 Å². The number of halogens is 4. The highest BCUT2D eigenvalue weighted by Gasteiger charge is 2.12. The monoisotopic (exact) mass is 313 g/mol.